The molecule has 5 nitrogen and oxygen atoms in total. The molecule has 0 fully saturated rings. The van der Waals surface area contributed by atoms with Crippen LogP contribution in [-0.2, 0) is 4.74 Å². The summed E-state index contributed by atoms with van der Waals surface area (Å²) < 4.78 is 16.2. The summed E-state index contributed by atoms with van der Waals surface area (Å²) >= 11 is 0. The minimum Gasteiger partial charge on any atom is -0.493 e. The summed E-state index contributed by atoms with van der Waals surface area (Å²) in [5, 5.41) is 0. The Morgan fingerprint density at radius 2 is 1.58 bits per heavy atom. The number of hydrogen-bond donors (Lipinski definition) is 0. The molecule has 0 amide bonds. The van der Waals surface area contributed by atoms with Crippen molar-refractivity contribution in [1.82, 2.24) is 4.98 Å². The standard InChI is InChI=1S/C21H27NO4/c1-24-19-12-6-7-13-20(19)25-15-8-4-2-3-5-9-16-26-21(23)18-11-10-14-22-17-18/h6-7,10-14,17H,2-5,8-9,15-16H2,1H3. The number of ether oxygens (including phenoxy) is 3. The maximum Gasteiger partial charge on any atom is 0.339 e. The smallest absolute Gasteiger partial charge is 0.339 e. The van der Waals surface area contributed by atoms with Crippen molar-refractivity contribution in [3.63, 3.8) is 0 Å². The van der Waals surface area contributed by atoms with Gasteiger partial charge in [0.2, 0.25) is 0 Å². The van der Waals surface area contributed by atoms with Crippen molar-refractivity contribution < 1.29 is 19.0 Å². The Hall–Kier alpha value is -2.56. The molecule has 2 rings (SSSR count). The van der Waals surface area contributed by atoms with Gasteiger partial charge in [0.15, 0.2) is 11.5 Å². The number of carbonyl (C=O) groups excluding carboxylic acids is 1. The van der Waals surface area contributed by atoms with Gasteiger partial charge < -0.3 is 14.2 Å². The molecule has 0 aliphatic heterocycles. The van der Waals surface area contributed by atoms with Gasteiger partial charge in [0.1, 0.15) is 0 Å². The summed E-state index contributed by atoms with van der Waals surface area (Å²) in [7, 11) is 1.65. The van der Waals surface area contributed by atoms with E-state index < -0.39 is 0 Å². The van der Waals surface area contributed by atoms with Crippen LogP contribution in [-0.4, -0.2) is 31.3 Å². The fourth-order valence-electron chi connectivity index (χ4n) is 2.56. The third-order valence-corrected chi connectivity index (χ3v) is 4.00. The van der Waals surface area contributed by atoms with Gasteiger partial charge in [-0.2, -0.15) is 0 Å². The highest BCUT2D eigenvalue weighted by Gasteiger charge is 2.05. The molecule has 140 valence electrons. The number of unbranched alkanes of at least 4 members (excludes halogenated alkanes) is 5. The Morgan fingerprint density at radius 1 is 0.885 bits per heavy atom. The highest BCUT2D eigenvalue weighted by Crippen LogP contribution is 2.25. The second-order valence-corrected chi connectivity index (χ2v) is 6.00. The fraction of sp³-hybridized carbons (Fsp3) is 0.429. The lowest BCUT2D eigenvalue weighted by Crippen LogP contribution is -2.06. The Labute approximate surface area is 155 Å². The summed E-state index contributed by atoms with van der Waals surface area (Å²) in [6.07, 6.45) is 9.56. The Balaban J connectivity index is 1.44. The number of pyridine rings is 1. The highest BCUT2D eigenvalue weighted by atomic mass is 16.5. The van der Waals surface area contributed by atoms with Crippen molar-refractivity contribution in [3.05, 3.63) is 54.4 Å². The first-order chi connectivity index (χ1) is 12.8. The van der Waals surface area contributed by atoms with Gasteiger partial charge in [-0.15, -0.1) is 0 Å². The molecule has 0 saturated carbocycles. The number of esters is 1. The van der Waals surface area contributed by atoms with Crippen LogP contribution >= 0.6 is 0 Å². The lowest BCUT2D eigenvalue weighted by atomic mass is 10.1. The van der Waals surface area contributed by atoms with E-state index in [4.69, 9.17) is 14.2 Å². The van der Waals surface area contributed by atoms with Crippen LogP contribution in [0.3, 0.4) is 0 Å². The zero-order valence-electron chi connectivity index (χ0n) is 15.4. The van der Waals surface area contributed by atoms with E-state index in [1.807, 2.05) is 24.3 Å². The molecule has 1 aromatic heterocycles. The zero-order chi connectivity index (χ0) is 18.5. The van der Waals surface area contributed by atoms with Crippen LogP contribution in [0.4, 0.5) is 0 Å². The average Bonchev–Trinajstić information content (AvgIpc) is 2.70. The van der Waals surface area contributed by atoms with E-state index >= 15 is 0 Å². The molecule has 0 atom stereocenters. The Kier molecular flexibility index (Phi) is 9.05. The Morgan fingerprint density at radius 3 is 2.27 bits per heavy atom. The van der Waals surface area contributed by atoms with Crippen LogP contribution in [0.2, 0.25) is 0 Å². The number of benzene rings is 1. The quantitative estimate of drug-likeness (QED) is 0.408. The molecule has 2 aromatic rings. The highest BCUT2D eigenvalue weighted by molar-refractivity contribution is 5.88. The van der Waals surface area contributed by atoms with E-state index in [0.29, 0.717) is 18.8 Å². The summed E-state index contributed by atoms with van der Waals surface area (Å²) in [5.41, 5.74) is 0.502. The second kappa shape index (κ2) is 11.9. The predicted molar refractivity (Wildman–Crippen MR) is 101 cm³/mol. The molecule has 5 heteroatoms. The number of rotatable bonds is 12. The Bertz CT molecular complexity index is 645. The first-order valence-electron chi connectivity index (χ1n) is 9.14. The van der Waals surface area contributed by atoms with Crippen molar-refractivity contribution in [2.24, 2.45) is 0 Å². The van der Waals surface area contributed by atoms with Gasteiger partial charge in [-0.3, -0.25) is 4.98 Å². The first-order valence-corrected chi connectivity index (χ1v) is 9.14. The van der Waals surface area contributed by atoms with Crippen molar-refractivity contribution in [3.8, 4) is 11.5 Å². The normalized spacial score (nSPS) is 10.3. The summed E-state index contributed by atoms with van der Waals surface area (Å²) in [6.45, 7) is 1.16. The van der Waals surface area contributed by atoms with Gasteiger partial charge >= 0.3 is 5.97 Å². The number of nitrogens with zero attached hydrogens (tertiary/aromatic N) is 1. The zero-order valence-corrected chi connectivity index (χ0v) is 15.4. The number of hydrogen-bond acceptors (Lipinski definition) is 5. The van der Waals surface area contributed by atoms with E-state index in [0.717, 1.165) is 50.0 Å². The molecule has 1 heterocycles. The lowest BCUT2D eigenvalue weighted by Gasteiger charge is -2.10. The molecular formula is C21H27NO4. The molecule has 0 aliphatic carbocycles. The topological polar surface area (TPSA) is 57.7 Å². The summed E-state index contributed by atoms with van der Waals surface area (Å²) in [6, 6.07) is 11.1. The lowest BCUT2D eigenvalue weighted by molar-refractivity contribution is 0.0497. The van der Waals surface area contributed by atoms with Gasteiger partial charge in [0.25, 0.3) is 0 Å². The first kappa shape index (κ1) is 19.8. The second-order valence-electron chi connectivity index (χ2n) is 6.00. The molecule has 0 N–H and O–H groups in total. The maximum absolute atomic E-state index is 11.7. The molecule has 0 aliphatic rings. The van der Waals surface area contributed by atoms with E-state index in [9.17, 15) is 4.79 Å². The van der Waals surface area contributed by atoms with E-state index in [1.54, 1.807) is 25.4 Å². The SMILES string of the molecule is COc1ccccc1OCCCCCCCCOC(=O)c1cccnc1. The minimum absolute atomic E-state index is 0.299. The maximum atomic E-state index is 11.7. The summed E-state index contributed by atoms with van der Waals surface area (Å²) in [4.78, 5) is 15.6. The number of carbonyl (C=O) groups is 1. The van der Waals surface area contributed by atoms with Gasteiger partial charge in [0, 0.05) is 12.4 Å². The predicted octanol–water partition coefficient (Wildman–Crippen LogP) is 4.67. The number of methoxy groups -OCH3 is 1. The van der Waals surface area contributed by atoms with Crippen LogP contribution in [0.25, 0.3) is 0 Å². The molecule has 1 aromatic carbocycles. The fourth-order valence-corrected chi connectivity index (χ4v) is 2.56. The van der Waals surface area contributed by atoms with Gasteiger partial charge in [-0.05, 0) is 37.1 Å². The van der Waals surface area contributed by atoms with E-state index in [1.165, 1.54) is 6.20 Å². The van der Waals surface area contributed by atoms with Crippen LogP contribution in [0.1, 0.15) is 48.9 Å². The van der Waals surface area contributed by atoms with E-state index in [2.05, 4.69) is 4.98 Å². The largest absolute Gasteiger partial charge is 0.493 e. The van der Waals surface area contributed by atoms with Crippen molar-refractivity contribution >= 4 is 5.97 Å². The van der Waals surface area contributed by atoms with Crippen molar-refractivity contribution in [2.75, 3.05) is 20.3 Å². The van der Waals surface area contributed by atoms with Gasteiger partial charge in [-0.1, -0.05) is 37.8 Å². The van der Waals surface area contributed by atoms with E-state index in [-0.39, 0.29) is 5.97 Å². The molecule has 0 spiro atoms. The third kappa shape index (κ3) is 7.13. The number of para-hydroxylation sites is 2. The third-order valence-electron chi connectivity index (χ3n) is 4.00. The monoisotopic (exact) mass is 357 g/mol. The van der Waals surface area contributed by atoms with Crippen LogP contribution in [0.5, 0.6) is 11.5 Å². The molecule has 0 unspecified atom stereocenters. The minimum atomic E-state index is -0.299. The summed E-state index contributed by atoms with van der Waals surface area (Å²) in [5.74, 6) is 1.27. The van der Waals surface area contributed by atoms with Crippen LogP contribution < -0.4 is 9.47 Å². The number of aromatic nitrogens is 1. The van der Waals surface area contributed by atoms with Gasteiger partial charge in [0.05, 0.1) is 25.9 Å². The molecule has 0 saturated heterocycles. The molecule has 0 radical (unpaired) electrons. The molecular weight excluding hydrogens is 330 g/mol. The van der Waals surface area contributed by atoms with Crippen LogP contribution in [0, 0.1) is 0 Å². The molecule has 0 bridgehead atoms. The van der Waals surface area contributed by atoms with Crippen molar-refractivity contribution in [1.29, 1.82) is 0 Å². The molecule has 26 heavy (non-hydrogen) atoms. The van der Waals surface area contributed by atoms with Gasteiger partial charge in [-0.25, -0.2) is 4.79 Å². The van der Waals surface area contributed by atoms with Crippen molar-refractivity contribution in [2.45, 2.75) is 38.5 Å². The average molecular weight is 357 g/mol. The van der Waals surface area contributed by atoms with Crippen LogP contribution in [0.15, 0.2) is 48.8 Å².